The van der Waals surface area contributed by atoms with Crippen LogP contribution < -0.4 is 15.9 Å². The van der Waals surface area contributed by atoms with Crippen LogP contribution in [0, 0.1) is 0 Å². The number of hydrazone groups is 1. The first kappa shape index (κ1) is 23.0. The number of ether oxygens (including phenoxy) is 1. The van der Waals surface area contributed by atoms with Crippen LogP contribution in [0.3, 0.4) is 0 Å². The summed E-state index contributed by atoms with van der Waals surface area (Å²) < 4.78 is 11.7. The fourth-order valence-corrected chi connectivity index (χ4v) is 3.99. The molecule has 0 spiro atoms. The summed E-state index contributed by atoms with van der Waals surface area (Å²) in [7, 11) is 0. The predicted molar refractivity (Wildman–Crippen MR) is 127 cm³/mol. The second-order valence-electron chi connectivity index (χ2n) is 6.94. The van der Waals surface area contributed by atoms with Gasteiger partial charge in [-0.1, -0.05) is 35.5 Å². The topological polar surface area (TPSA) is 146 Å². The number of nitrogen functional groups attached to an aromatic ring is 1. The molecule has 0 bridgehead atoms. The molecular weight excluding hydrogens is 456 g/mol. The van der Waals surface area contributed by atoms with E-state index in [0.29, 0.717) is 29.5 Å². The van der Waals surface area contributed by atoms with E-state index >= 15 is 0 Å². The molecule has 0 unspecified atom stereocenters. The number of nitrogens with one attached hydrogen (secondary N) is 1. The number of para-hydroxylation sites is 1. The zero-order valence-electron chi connectivity index (χ0n) is 18.5. The molecule has 0 radical (unpaired) electrons. The van der Waals surface area contributed by atoms with E-state index in [0.717, 1.165) is 10.5 Å². The lowest BCUT2D eigenvalue weighted by Crippen LogP contribution is -2.21. The Morgan fingerprint density at radius 3 is 2.68 bits per heavy atom. The van der Waals surface area contributed by atoms with Crippen molar-refractivity contribution in [1.82, 2.24) is 30.7 Å². The van der Waals surface area contributed by atoms with Crippen molar-refractivity contribution in [1.29, 1.82) is 0 Å². The van der Waals surface area contributed by atoms with Gasteiger partial charge in [0, 0.05) is 16.2 Å². The minimum absolute atomic E-state index is 0.0317. The van der Waals surface area contributed by atoms with Gasteiger partial charge in [-0.2, -0.15) is 9.78 Å². The summed E-state index contributed by atoms with van der Waals surface area (Å²) in [5.41, 5.74) is 10.3. The molecule has 174 valence electrons. The number of nitrogens with zero attached hydrogens (tertiary/aromatic N) is 6. The largest absolute Gasteiger partial charge is 0.493 e. The highest BCUT2D eigenvalue weighted by Gasteiger charge is 2.24. The molecular formula is C22H22N8O3S. The van der Waals surface area contributed by atoms with Crippen molar-refractivity contribution >= 4 is 29.2 Å². The van der Waals surface area contributed by atoms with Gasteiger partial charge in [-0.25, -0.2) is 10.1 Å². The number of rotatable bonds is 9. The number of hydrogen-bond acceptors (Lipinski definition) is 10. The SMILES string of the molecule is CCOc1ccccc1C(C)=NNC(=O)c1nnn(-c2nonc2N)c1CSc1ccccc1. The molecule has 4 aromatic rings. The van der Waals surface area contributed by atoms with E-state index in [1.807, 2.05) is 61.5 Å². The fraction of sp³-hybridized carbons (Fsp3) is 0.182. The highest BCUT2D eigenvalue weighted by atomic mass is 32.2. The van der Waals surface area contributed by atoms with Crippen molar-refractivity contribution < 1.29 is 14.2 Å². The number of nitrogens with two attached hydrogens (primary N) is 1. The standard InChI is InChI=1S/C22H22N8O3S/c1-3-32-18-12-8-7-11-16(18)14(2)24-26-22(31)19-17(13-34-15-9-5-4-6-10-15)30(29-25-19)21-20(23)27-33-28-21/h4-12H,3,13H2,1-2H3,(H2,23,27)(H,26,31). The molecule has 0 atom stereocenters. The predicted octanol–water partition coefficient (Wildman–Crippen LogP) is 3.08. The Kier molecular flexibility index (Phi) is 7.18. The number of amides is 1. The molecule has 12 heteroatoms. The van der Waals surface area contributed by atoms with Crippen molar-refractivity contribution in [2.75, 3.05) is 12.3 Å². The van der Waals surface area contributed by atoms with E-state index in [2.05, 4.69) is 31.2 Å². The molecule has 34 heavy (non-hydrogen) atoms. The third-order valence-corrected chi connectivity index (χ3v) is 5.72. The quantitative estimate of drug-likeness (QED) is 0.210. The summed E-state index contributed by atoms with van der Waals surface area (Å²) in [6.07, 6.45) is 0. The van der Waals surface area contributed by atoms with Gasteiger partial charge >= 0.3 is 0 Å². The van der Waals surface area contributed by atoms with Crippen LogP contribution in [0.1, 0.15) is 35.6 Å². The average Bonchev–Trinajstić information content (AvgIpc) is 3.47. The van der Waals surface area contributed by atoms with Gasteiger partial charge in [-0.15, -0.1) is 16.9 Å². The first-order valence-corrected chi connectivity index (χ1v) is 11.3. The third-order valence-electron chi connectivity index (χ3n) is 4.70. The lowest BCUT2D eigenvalue weighted by Gasteiger charge is -2.09. The Bertz CT molecular complexity index is 1300. The molecule has 11 nitrogen and oxygen atoms in total. The van der Waals surface area contributed by atoms with Gasteiger partial charge in [0.2, 0.25) is 11.6 Å². The molecule has 2 aromatic heterocycles. The Labute approximate surface area is 199 Å². The monoisotopic (exact) mass is 478 g/mol. The van der Waals surface area contributed by atoms with Crippen LogP contribution in [-0.2, 0) is 5.75 Å². The highest BCUT2D eigenvalue weighted by molar-refractivity contribution is 7.98. The van der Waals surface area contributed by atoms with Crippen molar-refractivity contribution in [3.05, 3.63) is 71.5 Å². The lowest BCUT2D eigenvalue weighted by atomic mass is 10.1. The van der Waals surface area contributed by atoms with Crippen molar-refractivity contribution in [2.45, 2.75) is 24.5 Å². The van der Waals surface area contributed by atoms with Crippen LogP contribution in [0.2, 0.25) is 0 Å². The molecule has 3 N–H and O–H groups in total. The molecule has 0 aliphatic carbocycles. The van der Waals surface area contributed by atoms with E-state index in [-0.39, 0.29) is 17.3 Å². The Morgan fingerprint density at radius 2 is 1.94 bits per heavy atom. The van der Waals surface area contributed by atoms with Gasteiger partial charge in [0.15, 0.2) is 5.69 Å². The maximum Gasteiger partial charge on any atom is 0.293 e. The van der Waals surface area contributed by atoms with Crippen LogP contribution in [-0.4, -0.2) is 43.5 Å². The van der Waals surface area contributed by atoms with E-state index in [1.165, 1.54) is 16.4 Å². The van der Waals surface area contributed by atoms with Gasteiger partial charge < -0.3 is 10.5 Å². The molecule has 0 aliphatic rings. The van der Waals surface area contributed by atoms with Crippen molar-refractivity contribution in [2.24, 2.45) is 5.10 Å². The minimum Gasteiger partial charge on any atom is -0.493 e. The molecule has 0 saturated carbocycles. The normalized spacial score (nSPS) is 11.4. The molecule has 0 fully saturated rings. The first-order valence-electron chi connectivity index (χ1n) is 10.4. The summed E-state index contributed by atoms with van der Waals surface area (Å²) >= 11 is 1.50. The zero-order chi connectivity index (χ0) is 23.9. The second-order valence-corrected chi connectivity index (χ2v) is 7.99. The smallest absolute Gasteiger partial charge is 0.293 e. The Morgan fingerprint density at radius 1 is 1.18 bits per heavy atom. The minimum atomic E-state index is -0.529. The summed E-state index contributed by atoms with van der Waals surface area (Å²) in [6.45, 7) is 4.20. The van der Waals surface area contributed by atoms with Gasteiger partial charge in [0.05, 0.1) is 18.0 Å². The molecule has 0 aliphatic heterocycles. The average molecular weight is 479 g/mol. The van der Waals surface area contributed by atoms with Gasteiger partial charge in [0.25, 0.3) is 5.91 Å². The number of carbonyl (C=O) groups excluding carboxylic acids is 1. The second kappa shape index (κ2) is 10.6. The maximum absolute atomic E-state index is 13.0. The molecule has 4 rings (SSSR count). The number of aromatic nitrogens is 5. The fourth-order valence-electron chi connectivity index (χ4n) is 3.08. The molecule has 2 heterocycles. The van der Waals surface area contributed by atoms with Crippen molar-refractivity contribution in [3.63, 3.8) is 0 Å². The highest BCUT2D eigenvalue weighted by Crippen LogP contribution is 2.26. The van der Waals surface area contributed by atoms with Crippen molar-refractivity contribution in [3.8, 4) is 11.6 Å². The summed E-state index contributed by atoms with van der Waals surface area (Å²) in [4.78, 5) is 14.0. The first-order chi connectivity index (χ1) is 16.6. The summed E-state index contributed by atoms with van der Waals surface area (Å²) in [6, 6.07) is 17.2. The summed E-state index contributed by atoms with van der Waals surface area (Å²) in [5, 5.41) is 19.7. The van der Waals surface area contributed by atoms with E-state index < -0.39 is 5.91 Å². The van der Waals surface area contributed by atoms with E-state index in [4.69, 9.17) is 15.1 Å². The number of carbonyl (C=O) groups is 1. The van der Waals surface area contributed by atoms with Crippen LogP contribution in [0.15, 0.2) is 69.2 Å². The van der Waals surface area contributed by atoms with Crippen LogP contribution in [0.4, 0.5) is 5.82 Å². The maximum atomic E-state index is 13.0. The van der Waals surface area contributed by atoms with Gasteiger partial charge in [0.1, 0.15) is 5.75 Å². The van der Waals surface area contributed by atoms with Crippen LogP contribution in [0.25, 0.3) is 5.82 Å². The summed E-state index contributed by atoms with van der Waals surface area (Å²) in [5.74, 6) is 0.699. The third kappa shape index (κ3) is 5.07. The molecule has 2 aromatic carbocycles. The Hall–Kier alpha value is -4.19. The zero-order valence-corrected chi connectivity index (χ0v) is 19.3. The van der Waals surface area contributed by atoms with Crippen LogP contribution >= 0.6 is 11.8 Å². The Balaban J connectivity index is 1.60. The van der Waals surface area contributed by atoms with Gasteiger partial charge in [-0.05, 0) is 48.4 Å². The van der Waals surface area contributed by atoms with Gasteiger partial charge in [-0.3, -0.25) is 4.79 Å². The number of benzene rings is 2. The molecule has 0 saturated heterocycles. The lowest BCUT2D eigenvalue weighted by molar-refractivity contribution is 0.0949. The number of thioether (sulfide) groups is 1. The van der Waals surface area contributed by atoms with E-state index in [1.54, 1.807) is 6.92 Å². The number of hydrogen-bond donors (Lipinski definition) is 2. The number of anilines is 1. The molecule has 1 amide bonds. The van der Waals surface area contributed by atoms with E-state index in [9.17, 15) is 4.79 Å². The van der Waals surface area contributed by atoms with Crippen LogP contribution in [0.5, 0.6) is 5.75 Å².